The molecule has 1 aliphatic rings. The second-order valence-corrected chi connectivity index (χ2v) is 6.65. The van der Waals surface area contributed by atoms with Gasteiger partial charge in [-0.3, -0.25) is 9.69 Å². The SMILES string of the molecule is CC(C(=O)Nc1ccc2ccccc2c1)N1CCOc2ccccc2C1. The number of nitrogens with zero attached hydrogens (tertiary/aromatic N) is 1. The van der Waals surface area contributed by atoms with Crippen molar-refractivity contribution in [1.29, 1.82) is 0 Å². The number of carbonyl (C=O) groups is 1. The number of hydrogen-bond acceptors (Lipinski definition) is 3. The highest BCUT2D eigenvalue weighted by molar-refractivity contribution is 5.97. The van der Waals surface area contributed by atoms with Gasteiger partial charge >= 0.3 is 0 Å². The van der Waals surface area contributed by atoms with Crippen molar-refractivity contribution in [1.82, 2.24) is 4.90 Å². The molecule has 4 rings (SSSR count). The average Bonchev–Trinajstić information content (AvgIpc) is 2.89. The maximum absolute atomic E-state index is 12.8. The molecule has 1 unspecified atom stereocenters. The van der Waals surface area contributed by atoms with E-state index in [1.807, 2.05) is 55.5 Å². The van der Waals surface area contributed by atoms with Crippen molar-refractivity contribution in [2.24, 2.45) is 0 Å². The largest absolute Gasteiger partial charge is 0.492 e. The molecule has 3 aromatic carbocycles. The fourth-order valence-electron chi connectivity index (χ4n) is 3.36. The van der Waals surface area contributed by atoms with Crippen molar-refractivity contribution in [2.75, 3.05) is 18.5 Å². The summed E-state index contributed by atoms with van der Waals surface area (Å²) in [5, 5.41) is 5.34. The molecule has 0 radical (unpaired) electrons. The van der Waals surface area contributed by atoms with Gasteiger partial charge in [0.1, 0.15) is 12.4 Å². The molecule has 0 aromatic heterocycles. The number of carbonyl (C=O) groups excluding carboxylic acids is 1. The third kappa shape index (κ3) is 3.41. The normalized spacial score (nSPS) is 15.6. The number of hydrogen-bond donors (Lipinski definition) is 1. The number of fused-ring (bicyclic) bond motifs is 2. The molecule has 132 valence electrons. The minimum atomic E-state index is -0.240. The first-order chi connectivity index (χ1) is 12.7. The van der Waals surface area contributed by atoms with E-state index in [0.717, 1.165) is 28.9 Å². The summed E-state index contributed by atoms with van der Waals surface area (Å²) in [4.78, 5) is 14.9. The van der Waals surface area contributed by atoms with E-state index in [4.69, 9.17) is 4.74 Å². The van der Waals surface area contributed by atoms with Crippen LogP contribution in [0.2, 0.25) is 0 Å². The Bertz CT molecular complexity index is 938. The van der Waals surface area contributed by atoms with Crippen LogP contribution in [0, 0.1) is 0 Å². The van der Waals surface area contributed by atoms with Crippen LogP contribution in [0.25, 0.3) is 10.8 Å². The lowest BCUT2D eigenvalue weighted by Crippen LogP contribution is -2.42. The predicted octanol–water partition coefficient (Wildman–Crippen LogP) is 4.06. The van der Waals surface area contributed by atoms with Gasteiger partial charge in [-0.2, -0.15) is 0 Å². The Balaban J connectivity index is 1.48. The van der Waals surface area contributed by atoms with Crippen LogP contribution in [0.1, 0.15) is 12.5 Å². The quantitative estimate of drug-likeness (QED) is 0.777. The van der Waals surface area contributed by atoms with E-state index in [-0.39, 0.29) is 11.9 Å². The molecule has 0 bridgehead atoms. The Morgan fingerprint density at radius 2 is 1.81 bits per heavy atom. The highest BCUT2D eigenvalue weighted by Crippen LogP contribution is 2.24. The van der Waals surface area contributed by atoms with Gasteiger partial charge in [0.25, 0.3) is 0 Å². The molecule has 0 fully saturated rings. The molecule has 0 aliphatic carbocycles. The Hall–Kier alpha value is -2.85. The maximum Gasteiger partial charge on any atom is 0.241 e. The van der Waals surface area contributed by atoms with Crippen molar-refractivity contribution in [3.05, 3.63) is 72.3 Å². The summed E-state index contributed by atoms with van der Waals surface area (Å²) < 4.78 is 5.80. The third-order valence-corrected chi connectivity index (χ3v) is 4.93. The fraction of sp³-hybridized carbons (Fsp3) is 0.227. The first-order valence-electron chi connectivity index (χ1n) is 8.95. The summed E-state index contributed by atoms with van der Waals surface area (Å²) in [5.41, 5.74) is 1.95. The minimum absolute atomic E-state index is 0.000313. The van der Waals surface area contributed by atoms with Crippen LogP contribution in [0.4, 0.5) is 5.69 Å². The van der Waals surface area contributed by atoms with Gasteiger partial charge in [0.15, 0.2) is 0 Å². The summed E-state index contributed by atoms with van der Waals surface area (Å²) in [6, 6.07) is 21.9. The Kier molecular flexibility index (Phi) is 4.59. The lowest BCUT2D eigenvalue weighted by molar-refractivity contribution is -0.121. The second kappa shape index (κ2) is 7.18. The van der Waals surface area contributed by atoms with Crippen LogP contribution in [0.3, 0.4) is 0 Å². The van der Waals surface area contributed by atoms with E-state index >= 15 is 0 Å². The number of ether oxygens (including phenoxy) is 1. The second-order valence-electron chi connectivity index (χ2n) is 6.65. The number of benzene rings is 3. The smallest absolute Gasteiger partial charge is 0.241 e. The van der Waals surface area contributed by atoms with E-state index < -0.39 is 0 Å². The zero-order valence-corrected chi connectivity index (χ0v) is 14.8. The standard InChI is InChI=1S/C22H22N2O2/c1-16(24-12-13-26-21-9-5-4-8-19(21)15-24)22(25)23-20-11-10-17-6-2-3-7-18(17)14-20/h2-11,14,16H,12-13,15H2,1H3,(H,23,25). The molecule has 0 spiro atoms. The molecule has 1 amide bonds. The molecule has 1 N–H and O–H groups in total. The van der Waals surface area contributed by atoms with Crippen LogP contribution in [-0.4, -0.2) is 30.0 Å². The van der Waals surface area contributed by atoms with Crippen LogP contribution in [-0.2, 0) is 11.3 Å². The summed E-state index contributed by atoms with van der Waals surface area (Å²) in [5.74, 6) is 0.914. The lowest BCUT2D eigenvalue weighted by Gasteiger charge is -2.26. The highest BCUT2D eigenvalue weighted by atomic mass is 16.5. The average molecular weight is 346 g/mol. The van der Waals surface area contributed by atoms with E-state index in [0.29, 0.717) is 13.2 Å². The molecular formula is C22H22N2O2. The molecule has 3 aromatic rings. The Morgan fingerprint density at radius 3 is 2.69 bits per heavy atom. The summed E-state index contributed by atoms with van der Waals surface area (Å²) in [6.45, 7) is 3.97. The van der Waals surface area contributed by atoms with Crippen LogP contribution in [0.15, 0.2) is 66.7 Å². The fourth-order valence-corrected chi connectivity index (χ4v) is 3.36. The molecule has 4 nitrogen and oxygen atoms in total. The van der Waals surface area contributed by atoms with E-state index in [1.165, 1.54) is 5.39 Å². The van der Waals surface area contributed by atoms with Gasteiger partial charge in [0.2, 0.25) is 5.91 Å². The van der Waals surface area contributed by atoms with Crippen LogP contribution < -0.4 is 10.1 Å². The first-order valence-corrected chi connectivity index (χ1v) is 8.95. The third-order valence-electron chi connectivity index (χ3n) is 4.93. The van der Waals surface area contributed by atoms with E-state index in [1.54, 1.807) is 0 Å². The van der Waals surface area contributed by atoms with Crippen molar-refractivity contribution in [3.8, 4) is 5.75 Å². The number of rotatable bonds is 3. The molecule has 0 saturated carbocycles. The number of para-hydroxylation sites is 1. The monoisotopic (exact) mass is 346 g/mol. The summed E-state index contributed by atoms with van der Waals surface area (Å²) in [6.07, 6.45) is 0. The molecular weight excluding hydrogens is 324 g/mol. The maximum atomic E-state index is 12.8. The van der Waals surface area contributed by atoms with Gasteiger partial charge in [0.05, 0.1) is 6.04 Å². The Morgan fingerprint density at radius 1 is 1.04 bits per heavy atom. The van der Waals surface area contributed by atoms with Crippen LogP contribution >= 0.6 is 0 Å². The zero-order valence-electron chi connectivity index (χ0n) is 14.8. The Labute approximate surface area is 153 Å². The van der Waals surface area contributed by atoms with Gasteiger partial charge in [-0.15, -0.1) is 0 Å². The van der Waals surface area contributed by atoms with Gasteiger partial charge < -0.3 is 10.1 Å². The van der Waals surface area contributed by atoms with Crippen molar-refractivity contribution >= 4 is 22.4 Å². The minimum Gasteiger partial charge on any atom is -0.492 e. The van der Waals surface area contributed by atoms with Gasteiger partial charge in [-0.25, -0.2) is 0 Å². The lowest BCUT2D eigenvalue weighted by atomic mass is 10.1. The molecule has 0 saturated heterocycles. The number of anilines is 1. The van der Waals surface area contributed by atoms with Crippen molar-refractivity contribution in [3.63, 3.8) is 0 Å². The number of amides is 1. The predicted molar refractivity (Wildman–Crippen MR) is 104 cm³/mol. The first kappa shape index (κ1) is 16.6. The molecule has 1 aliphatic heterocycles. The molecule has 26 heavy (non-hydrogen) atoms. The summed E-state index contributed by atoms with van der Waals surface area (Å²) >= 11 is 0. The van der Waals surface area contributed by atoms with Gasteiger partial charge in [0, 0.05) is 24.3 Å². The zero-order chi connectivity index (χ0) is 17.9. The topological polar surface area (TPSA) is 41.6 Å². The van der Waals surface area contributed by atoms with Gasteiger partial charge in [-0.1, -0.05) is 48.5 Å². The van der Waals surface area contributed by atoms with Crippen molar-refractivity contribution in [2.45, 2.75) is 19.5 Å². The van der Waals surface area contributed by atoms with E-state index in [9.17, 15) is 4.79 Å². The van der Waals surface area contributed by atoms with Gasteiger partial charge in [-0.05, 0) is 35.9 Å². The van der Waals surface area contributed by atoms with Crippen LogP contribution in [0.5, 0.6) is 5.75 Å². The molecule has 1 heterocycles. The highest BCUT2D eigenvalue weighted by Gasteiger charge is 2.24. The van der Waals surface area contributed by atoms with E-state index in [2.05, 4.69) is 28.4 Å². The molecule has 1 atom stereocenters. The summed E-state index contributed by atoms with van der Waals surface area (Å²) in [7, 11) is 0. The van der Waals surface area contributed by atoms with Crippen molar-refractivity contribution < 1.29 is 9.53 Å². The molecule has 4 heteroatoms. The number of nitrogens with one attached hydrogen (secondary N) is 1.